The lowest BCUT2D eigenvalue weighted by Gasteiger charge is -2.17. The molecule has 0 aliphatic rings. The Balaban J connectivity index is 1.63. The van der Waals surface area contributed by atoms with E-state index in [1.54, 1.807) is 13.2 Å². The van der Waals surface area contributed by atoms with Crippen LogP contribution in [0.2, 0.25) is 5.15 Å². The molecule has 0 saturated carbocycles. The van der Waals surface area contributed by atoms with Crippen molar-refractivity contribution in [2.75, 3.05) is 26.0 Å². The van der Waals surface area contributed by atoms with Crippen LogP contribution >= 0.6 is 11.6 Å². The van der Waals surface area contributed by atoms with Crippen molar-refractivity contribution in [3.05, 3.63) is 65.3 Å². The molecule has 6 heteroatoms. The molecular formula is C20H20ClN3O2. The molecule has 0 radical (unpaired) electrons. The van der Waals surface area contributed by atoms with Crippen molar-refractivity contribution in [2.45, 2.75) is 6.54 Å². The number of likely N-dealkylation sites (N-methyl/N-ethyl adjacent to an activating group) is 1. The number of carbonyl (C=O) groups excluding carboxylic acids is 1. The third-order valence-corrected chi connectivity index (χ3v) is 4.28. The number of rotatable bonds is 6. The van der Waals surface area contributed by atoms with Crippen molar-refractivity contribution in [2.24, 2.45) is 0 Å². The molecule has 2 aromatic carbocycles. The zero-order chi connectivity index (χ0) is 18.5. The van der Waals surface area contributed by atoms with E-state index < -0.39 is 0 Å². The quantitative estimate of drug-likeness (QED) is 0.668. The Labute approximate surface area is 157 Å². The van der Waals surface area contributed by atoms with Gasteiger partial charge in [-0.3, -0.25) is 9.69 Å². The second-order valence-corrected chi connectivity index (χ2v) is 6.44. The van der Waals surface area contributed by atoms with Crippen LogP contribution in [0.25, 0.3) is 10.9 Å². The number of halogens is 1. The van der Waals surface area contributed by atoms with Gasteiger partial charge in [-0.25, -0.2) is 4.98 Å². The van der Waals surface area contributed by atoms with Crippen molar-refractivity contribution in [1.29, 1.82) is 0 Å². The second kappa shape index (κ2) is 8.17. The highest BCUT2D eigenvalue weighted by atomic mass is 35.5. The number of hydrogen-bond donors (Lipinski definition) is 1. The van der Waals surface area contributed by atoms with E-state index in [2.05, 4.69) is 10.3 Å². The van der Waals surface area contributed by atoms with Crippen LogP contribution < -0.4 is 10.1 Å². The standard InChI is InChI=1S/C20H20ClN3O2/c1-24(13-19(25)22-16-7-5-8-17(11-16)26-2)12-15-10-14-6-3-4-9-18(14)23-20(15)21/h3-11H,12-13H2,1-2H3,(H,22,25). The summed E-state index contributed by atoms with van der Waals surface area (Å²) < 4.78 is 5.16. The van der Waals surface area contributed by atoms with Gasteiger partial charge in [0.2, 0.25) is 5.91 Å². The van der Waals surface area contributed by atoms with Gasteiger partial charge in [-0.05, 0) is 31.3 Å². The second-order valence-electron chi connectivity index (χ2n) is 6.08. The monoisotopic (exact) mass is 369 g/mol. The maximum Gasteiger partial charge on any atom is 0.238 e. The zero-order valence-electron chi connectivity index (χ0n) is 14.7. The van der Waals surface area contributed by atoms with Crippen molar-refractivity contribution in [3.8, 4) is 5.75 Å². The highest BCUT2D eigenvalue weighted by molar-refractivity contribution is 6.30. The molecule has 134 valence electrons. The van der Waals surface area contributed by atoms with Crippen LogP contribution in [0.3, 0.4) is 0 Å². The van der Waals surface area contributed by atoms with Crippen molar-refractivity contribution in [3.63, 3.8) is 0 Å². The molecule has 1 heterocycles. The average molecular weight is 370 g/mol. The molecule has 3 aromatic rings. The van der Waals surface area contributed by atoms with Gasteiger partial charge in [0.25, 0.3) is 0 Å². The molecule has 0 spiro atoms. The van der Waals surface area contributed by atoms with Gasteiger partial charge in [-0.15, -0.1) is 0 Å². The average Bonchev–Trinajstić information content (AvgIpc) is 2.62. The number of carbonyl (C=O) groups is 1. The minimum Gasteiger partial charge on any atom is -0.497 e. The van der Waals surface area contributed by atoms with Crippen LogP contribution in [-0.2, 0) is 11.3 Å². The summed E-state index contributed by atoms with van der Waals surface area (Å²) in [7, 11) is 3.47. The van der Waals surface area contributed by atoms with Gasteiger partial charge in [0.1, 0.15) is 10.9 Å². The molecule has 0 aliphatic carbocycles. The minimum absolute atomic E-state index is 0.106. The molecule has 0 saturated heterocycles. The number of nitrogens with one attached hydrogen (secondary N) is 1. The molecule has 5 nitrogen and oxygen atoms in total. The molecule has 0 atom stereocenters. The van der Waals surface area contributed by atoms with Gasteiger partial charge in [-0.2, -0.15) is 0 Å². The lowest BCUT2D eigenvalue weighted by molar-refractivity contribution is -0.117. The predicted octanol–water partition coefficient (Wildman–Crippen LogP) is 3.97. The van der Waals surface area contributed by atoms with Gasteiger partial charge in [-0.1, -0.05) is 35.9 Å². The van der Waals surface area contributed by atoms with E-state index >= 15 is 0 Å². The number of benzene rings is 2. The van der Waals surface area contributed by atoms with Crippen LogP contribution in [0, 0.1) is 0 Å². The summed E-state index contributed by atoms with van der Waals surface area (Å²) in [5.74, 6) is 0.593. The fourth-order valence-electron chi connectivity index (χ4n) is 2.74. The Morgan fingerprint density at radius 3 is 2.81 bits per heavy atom. The Kier molecular flexibility index (Phi) is 5.71. The first-order valence-electron chi connectivity index (χ1n) is 8.22. The molecule has 0 fully saturated rings. The van der Waals surface area contributed by atoms with Crippen LogP contribution in [0.4, 0.5) is 5.69 Å². The number of para-hydroxylation sites is 1. The highest BCUT2D eigenvalue weighted by Gasteiger charge is 2.11. The first-order valence-corrected chi connectivity index (χ1v) is 8.59. The van der Waals surface area contributed by atoms with E-state index in [9.17, 15) is 4.79 Å². The molecule has 26 heavy (non-hydrogen) atoms. The van der Waals surface area contributed by atoms with Gasteiger partial charge >= 0.3 is 0 Å². The summed E-state index contributed by atoms with van der Waals surface area (Å²) in [6.07, 6.45) is 0. The number of methoxy groups -OCH3 is 1. The Morgan fingerprint density at radius 2 is 2.00 bits per heavy atom. The topological polar surface area (TPSA) is 54.5 Å². The highest BCUT2D eigenvalue weighted by Crippen LogP contribution is 2.21. The number of aromatic nitrogens is 1. The van der Waals surface area contributed by atoms with Gasteiger partial charge < -0.3 is 10.1 Å². The van der Waals surface area contributed by atoms with E-state index in [0.29, 0.717) is 23.1 Å². The fourth-order valence-corrected chi connectivity index (χ4v) is 2.95. The van der Waals surface area contributed by atoms with Crippen LogP contribution in [0.1, 0.15) is 5.56 Å². The Morgan fingerprint density at radius 1 is 1.19 bits per heavy atom. The smallest absolute Gasteiger partial charge is 0.238 e. The van der Waals surface area contributed by atoms with Crippen molar-refractivity contribution < 1.29 is 9.53 Å². The van der Waals surface area contributed by atoms with Gasteiger partial charge in [0.05, 0.1) is 19.2 Å². The zero-order valence-corrected chi connectivity index (χ0v) is 15.5. The van der Waals surface area contributed by atoms with E-state index in [0.717, 1.165) is 16.5 Å². The largest absolute Gasteiger partial charge is 0.497 e. The normalized spacial score (nSPS) is 10.9. The molecule has 0 bridgehead atoms. The van der Waals surface area contributed by atoms with Gasteiger partial charge in [0.15, 0.2) is 0 Å². The van der Waals surface area contributed by atoms with Crippen molar-refractivity contribution >= 4 is 34.1 Å². The van der Waals surface area contributed by atoms with E-state index in [-0.39, 0.29) is 12.5 Å². The lowest BCUT2D eigenvalue weighted by Crippen LogP contribution is -2.30. The number of nitrogens with zero attached hydrogens (tertiary/aromatic N) is 2. The predicted molar refractivity (Wildman–Crippen MR) is 105 cm³/mol. The van der Waals surface area contributed by atoms with Crippen LogP contribution in [0.5, 0.6) is 5.75 Å². The number of ether oxygens (including phenoxy) is 1. The van der Waals surface area contributed by atoms with E-state index in [4.69, 9.17) is 16.3 Å². The molecule has 1 amide bonds. The number of hydrogen-bond acceptors (Lipinski definition) is 4. The molecule has 1 N–H and O–H groups in total. The molecule has 1 aromatic heterocycles. The first kappa shape index (κ1) is 18.2. The lowest BCUT2D eigenvalue weighted by atomic mass is 10.1. The maximum atomic E-state index is 12.3. The summed E-state index contributed by atoms with van der Waals surface area (Å²) >= 11 is 6.29. The first-order chi connectivity index (χ1) is 12.5. The number of fused-ring (bicyclic) bond motifs is 1. The van der Waals surface area contributed by atoms with E-state index in [1.807, 2.05) is 60.5 Å². The molecular weight excluding hydrogens is 350 g/mol. The molecule has 0 unspecified atom stereocenters. The summed E-state index contributed by atoms with van der Waals surface area (Å²) in [5, 5.41) is 4.36. The minimum atomic E-state index is -0.106. The fraction of sp³-hybridized carbons (Fsp3) is 0.200. The van der Waals surface area contributed by atoms with Crippen LogP contribution in [-0.4, -0.2) is 36.5 Å². The third-order valence-electron chi connectivity index (χ3n) is 3.96. The number of anilines is 1. The summed E-state index contributed by atoms with van der Waals surface area (Å²) in [6.45, 7) is 0.766. The SMILES string of the molecule is COc1cccc(NC(=O)CN(C)Cc2cc3ccccc3nc2Cl)c1. The Bertz CT molecular complexity index is 930. The summed E-state index contributed by atoms with van der Waals surface area (Å²) in [5.41, 5.74) is 2.45. The molecule has 0 aliphatic heterocycles. The summed E-state index contributed by atoms with van der Waals surface area (Å²) in [4.78, 5) is 18.6. The third kappa shape index (κ3) is 4.50. The molecule has 3 rings (SSSR count). The number of pyridine rings is 1. The van der Waals surface area contributed by atoms with Gasteiger partial charge in [0, 0.05) is 29.2 Å². The van der Waals surface area contributed by atoms with Crippen LogP contribution in [0.15, 0.2) is 54.6 Å². The maximum absolute atomic E-state index is 12.3. The Hall–Kier alpha value is -2.63. The number of amides is 1. The summed E-state index contributed by atoms with van der Waals surface area (Å²) in [6, 6.07) is 17.1. The van der Waals surface area contributed by atoms with E-state index in [1.165, 1.54) is 0 Å². The van der Waals surface area contributed by atoms with Crippen molar-refractivity contribution in [1.82, 2.24) is 9.88 Å².